The SMILES string of the molecule is O=C(CCOc1ccccc1)N1C[C@@H]2CC[C@H](C1)N(Cc1ccccc1)C2=O. The summed E-state index contributed by atoms with van der Waals surface area (Å²) in [5.41, 5.74) is 1.14. The molecule has 0 radical (unpaired) electrons. The van der Waals surface area contributed by atoms with Crippen molar-refractivity contribution in [3.8, 4) is 5.75 Å². The van der Waals surface area contributed by atoms with Crippen molar-refractivity contribution < 1.29 is 14.3 Å². The minimum absolute atomic E-state index is 0.0715. The van der Waals surface area contributed by atoms with Crippen molar-refractivity contribution in [3.63, 3.8) is 0 Å². The van der Waals surface area contributed by atoms with Gasteiger partial charge >= 0.3 is 0 Å². The molecular formula is C23H26N2O3. The van der Waals surface area contributed by atoms with Gasteiger partial charge in [0.15, 0.2) is 0 Å². The summed E-state index contributed by atoms with van der Waals surface area (Å²) in [5.74, 6) is 0.954. The van der Waals surface area contributed by atoms with Crippen LogP contribution >= 0.6 is 0 Å². The number of nitrogens with zero attached hydrogens (tertiary/aromatic N) is 2. The van der Waals surface area contributed by atoms with E-state index in [1.165, 1.54) is 0 Å². The van der Waals surface area contributed by atoms with Gasteiger partial charge in [-0.15, -0.1) is 0 Å². The molecule has 3 heterocycles. The topological polar surface area (TPSA) is 49.9 Å². The van der Waals surface area contributed by atoms with Gasteiger partial charge in [-0.1, -0.05) is 48.5 Å². The van der Waals surface area contributed by atoms with E-state index >= 15 is 0 Å². The fourth-order valence-corrected chi connectivity index (χ4v) is 4.16. The molecule has 2 bridgehead atoms. The molecule has 0 unspecified atom stereocenters. The molecule has 0 N–H and O–H groups in total. The Labute approximate surface area is 165 Å². The van der Waals surface area contributed by atoms with Gasteiger partial charge in [-0.2, -0.15) is 0 Å². The molecule has 0 spiro atoms. The van der Waals surface area contributed by atoms with E-state index in [0.29, 0.717) is 32.7 Å². The van der Waals surface area contributed by atoms with Gasteiger partial charge in [0.2, 0.25) is 11.8 Å². The van der Waals surface area contributed by atoms with Crippen LogP contribution in [0.2, 0.25) is 0 Å². The molecule has 2 atom stereocenters. The van der Waals surface area contributed by atoms with Gasteiger partial charge in [0, 0.05) is 25.7 Å². The van der Waals surface area contributed by atoms with E-state index in [2.05, 4.69) is 12.1 Å². The van der Waals surface area contributed by atoms with Gasteiger partial charge in [0.1, 0.15) is 5.75 Å². The highest BCUT2D eigenvalue weighted by Crippen LogP contribution is 2.30. The van der Waals surface area contributed by atoms with E-state index in [0.717, 1.165) is 24.2 Å². The molecule has 3 fully saturated rings. The third-order valence-corrected chi connectivity index (χ3v) is 5.67. The highest BCUT2D eigenvalue weighted by Gasteiger charge is 2.41. The summed E-state index contributed by atoms with van der Waals surface area (Å²) >= 11 is 0. The third-order valence-electron chi connectivity index (χ3n) is 5.67. The average molecular weight is 378 g/mol. The Kier molecular flexibility index (Phi) is 5.60. The maximum absolute atomic E-state index is 12.9. The Morgan fingerprint density at radius 3 is 2.43 bits per heavy atom. The Balaban J connectivity index is 1.37. The van der Waals surface area contributed by atoms with Crippen molar-refractivity contribution in [2.75, 3.05) is 19.7 Å². The molecule has 3 aliphatic heterocycles. The van der Waals surface area contributed by atoms with E-state index in [-0.39, 0.29) is 23.8 Å². The van der Waals surface area contributed by atoms with Crippen LogP contribution in [0.4, 0.5) is 0 Å². The number of ether oxygens (including phenoxy) is 1. The maximum atomic E-state index is 12.9. The Hall–Kier alpha value is -2.82. The number of carbonyl (C=O) groups excluding carboxylic acids is 2. The number of hydrogen-bond acceptors (Lipinski definition) is 3. The normalized spacial score (nSPS) is 21.5. The van der Waals surface area contributed by atoms with Crippen LogP contribution < -0.4 is 4.74 Å². The van der Waals surface area contributed by atoms with Crippen molar-refractivity contribution in [1.82, 2.24) is 9.80 Å². The molecule has 2 amide bonds. The largest absolute Gasteiger partial charge is 0.493 e. The zero-order valence-electron chi connectivity index (χ0n) is 16.0. The molecule has 3 saturated heterocycles. The number of piperidine rings is 1. The van der Waals surface area contributed by atoms with Crippen LogP contribution in [0.3, 0.4) is 0 Å². The second-order valence-corrected chi connectivity index (χ2v) is 7.59. The summed E-state index contributed by atoms with van der Waals surface area (Å²) < 4.78 is 5.66. The number of fused-ring (bicyclic) bond motifs is 4. The number of carbonyl (C=O) groups is 2. The Bertz CT molecular complexity index is 809. The predicted octanol–water partition coefficient (Wildman–Crippen LogP) is 3.11. The van der Waals surface area contributed by atoms with E-state index in [1.807, 2.05) is 58.3 Å². The maximum Gasteiger partial charge on any atom is 0.228 e. The fourth-order valence-electron chi connectivity index (χ4n) is 4.16. The summed E-state index contributed by atoms with van der Waals surface area (Å²) in [4.78, 5) is 29.5. The van der Waals surface area contributed by atoms with Gasteiger partial charge in [-0.05, 0) is 30.5 Å². The van der Waals surface area contributed by atoms with Crippen LogP contribution in [0.1, 0.15) is 24.8 Å². The minimum atomic E-state index is -0.0820. The lowest BCUT2D eigenvalue weighted by atomic mass is 9.93. The van der Waals surface area contributed by atoms with Crippen molar-refractivity contribution >= 4 is 11.8 Å². The molecule has 0 aromatic heterocycles. The lowest BCUT2D eigenvalue weighted by Crippen LogP contribution is -2.47. The van der Waals surface area contributed by atoms with Crippen LogP contribution in [0, 0.1) is 5.92 Å². The van der Waals surface area contributed by atoms with Gasteiger partial charge in [0.25, 0.3) is 0 Å². The van der Waals surface area contributed by atoms with E-state index in [4.69, 9.17) is 4.74 Å². The molecule has 5 heteroatoms. The number of rotatable bonds is 6. The second kappa shape index (κ2) is 8.46. The zero-order chi connectivity index (χ0) is 19.3. The first-order valence-electron chi connectivity index (χ1n) is 10.0. The van der Waals surface area contributed by atoms with Crippen LogP contribution in [-0.2, 0) is 16.1 Å². The standard InChI is InChI=1S/C23H26N2O3/c26-22(13-14-28-21-9-5-2-6-10-21)24-16-19-11-12-20(17-24)25(23(19)27)15-18-7-3-1-4-8-18/h1-10,19-20H,11-17H2/t19-,20+/m0/s1. The summed E-state index contributed by atoms with van der Waals surface area (Å²) in [6.07, 6.45) is 2.17. The molecule has 5 rings (SSSR count). The molecule has 3 aliphatic rings. The lowest BCUT2D eigenvalue weighted by molar-refractivity contribution is -0.140. The van der Waals surface area contributed by atoms with Gasteiger partial charge in [0.05, 0.1) is 18.9 Å². The fraction of sp³-hybridized carbons (Fsp3) is 0.391. The first kappa shape index (κ1) is 18.5. The lowest BCUT2D eigenvalue weighted by Gasteiger charge is -2.36. The number of benzene rings is 2. The predicted molar refractivity (Wildman–Crippen MR) is 107 cm³/mol. The number of para-hydroxylation sites is 1. The Morgan fingerprint density at radius 2 is 1.68 bits per heavy atom. The molecule has 0 saturated carbocycles. The highest BCUT2D eigenvalue weighted by atomic mass is 16.5. The molecule has 5 nitrogen and oxygen atoms in total. The first-order valence-corrected chi connectivity index (χ1v) is 10.0. The molecule has 2 aromatic carbocycles. The Morgan fingerprint density at radius 1 is 0.964 bits per heavy atom. The van der Waals surface area contributed by atoms with Crippen molar-refractivity contribution in [1.29, 1.82) is 0 Å². The monoisotopic (exact) mass is 378 g/mol. The van der Waals surface area contributed by atoms with E-state index in [1.54, 1.807) is 0 Å². The van der Waals surface area contributed by atoms with Crippen LogP contribution in [0.15, 0.2) is 60.7 Å². The summed E-state index contributed by atoms with van der Waals surface area (Å²) in [6, 6.07) is 19.7. The minimum Gasteiger partial charge on any atom is -0.493 e. The molecule has 28 heavy (non-hydrogen) atoms. The molecule has 2 aromatic rings. The van der Waals surface area contributed by atoms with E-state index < -0.39 is 0 Å². The van der Waals surface area contributed by atoms with Gasteiger partial charge < -0.3 is 14.5 Å². The van der Waals surface area contributed by atoms with Crippen molar-refractivity contribution in [3.05, 3.63) is 66.2 Å². The number of amides is 2. The second-order valence-electron chi connectivity index (χ2n) is 7.59. The van der Waals surface area contributed by atoms with Crippen LogP contribution in [-0.4, -0.2) is 47.4 Å². The summed E-state index contributed by atoms with van der Waals surface area (Å²) in [6.45, 7) is 2.14. The number of hydrogen-bond donors (Lipinski definition) is 0. The summed E-state index contributed by atoms with van der Waals surface area (Å²) in [5, 5.41) is 0. The van der Waals surface area contributed by atoms with Crippen molar-refractivity contribution in [2.45, 2.75) is 31.8 Å². The smallest absolute Gasteiger partial charge is 0.228 e. The first-order chi connectivity index (χ1) is 13.7. The van der Waals surface area contributed by atoms with Gasteiger partial charge in [-0.25, -0.2) is 0 Å². The summed E-state index contributed by atoms with van der Waals surface area (Å²) in [7, 11) is 0. The quantitative estimate of drug-likeness (QED) is 0.776. The molecular weight excluding hydrogens is 352 g/mol. The third kappa shape index (κ3) is 4.19. The molecule has 146 valence electrons. The van der Waals surface area contributed by atoms with Gasteiger partial charge in [-0.3, -0.25) is 9.59 Å². The van der Waals surface area contributed by atoms with Crippen LogP contribution in [0.5, 0.6) is 5.75 Å². The zero-order valence-corrected chi connectivity index (χ0v) is 16.0. The van der Waals surface area contributed by atoms with Crippen LogP contribution in [0.25, 0.3) is 0 Å². The molecule has 0 aliphatic carbocycles. The average Bonchev–Trinajstić information content (AvgIpc) is 3.02. The van der Waals surface area contributed by atoms with E-state index in [9.17, 15) is 9.59 Å². The highest BCUT2D eigenvalue weighted by molar-refractivity contribution is 5.83. The van der Waals surface area contributed by atoms with Crippen molar-refractivity contribution in [2.24, 2.45) is 5.92 Å².